The second kappa shape index (κ2) is 3.04. The molecule has 0 saturated heterocycles. The van der Waals surface area contributed by atoms with Crippen LogP contribution in [0, 0.1) is 0 Å². The van der Waals surface area contributed by atoms with E-state index in [1.54, 1.807) is 0 Å². The Bertz CT molecular complexity index is 505. The molecule has 0 atom stereocenters. The minimum atomic E-state index is -0.332. The van der Waals surface area contributed by atoms with Gasteiger partial charge >= 0.3 is 5.69 Å². The van der Waals surface area contributed by atoms with Gasteiger partial charge in [-0.1, -0.05) is 23.4 Å². The van der Waals surface area contributed by atoms with Crippen LogP contribution in [-0.4, -0.2) is 25.8 Å². The number of nitrogens with one attached hydrogen (secondary N) is 1. The topological polar surface area (TPSA) is 63.1 Å². The predicted molar refractivity (Wildman–Crippen MR) is 50.4 cm³/mol. The fourth-order valence-electron chi connectivity index (χ4n) is 0.937. The van der Waals surface area contributed by atoms with Crippen LogP contribution in [0.1, 0.15) is 0 Å². The highest BCUT2D eigenvalue weighted by Gasteiger charge is 2.07. The van der Waals surface area contributed by atoms with Gasteiger partial charge in [0.1, 0.15) is 5.02 Å². The van der Waals surface area contributed by atoms with Gasteiger partial charge in [-0.25, -0.2) is 9.78 Å². The average molecular weight is 217 g/mol. The molecule has 7 heteroatoms. The van der Waals surface area contributed by atoms with Crippen LogP contribution in [0.25, 0.3) is 5.65 Å². The lowest BCUT2D eigenvalue weighted by Crippen LogP contribution is -2.18. The van der Waals surface area contributed by atoms with Gasteiger partial charge in [0.05, 0.1) is 6.20 Å². The summed E-state index contributed by atoms with van der Waals surface area (Å²) in [7, 11) is 0. The van der Waals surface area contributed by atoms with Crippen LogP contribution in [0.3, 0.4) is 0 Å². The lowest BCUT2D eigenvalue weighted by Gasteiger charge is -1.95. The van der Waals surface area contributed by atoms with Crippen molar-refractivity contribution in [1.82, 2.24) is 19.6 Å². The number of aromatic amines is 1. The van der Waals surface area contributed by atoms with Gasteiger partial charge in [0.25, 0.3) is 0 Å². The number of thioether (sulfide) groups is 1. The molecule has 0 fully saturated rings. The molecule has 5 nitrogen and oxygen atoms in total. The molecule has 1 N–H and O–H groups in total. The van der Waals surface area contributed by atoms with Crippen molar-refractivity contribution in [1.29, 1.82) is 0 Å². The zero-order chi connectivity index (χ0) is 9.42. The summed E-state index contributed by atoms with van der Waals surface area (Å²) in [6.07, 6.45) is 3.21. The maximum absolute atomic E-state index is 11.3. The molecule has 0 unspecified atom stereocenters. The van der Waals surface area contributed by atoms with Crippen molar-refractivity contribution in [2.24, 2.45) is 0 Å². The third-order valence-corrected chi connectivity index (χ3v) is 2.35. The molecular weight excluding hydrogens is 212 g/mol. The van der Waals surface area contributed by atoms with E-state index in [1.807, 2.05) is 6.26 Å². The van der Waals surface area contributed by atoms with Crippen LogP contribution < -0.4 is 5.69 Å². The fourth-order valence-corrected chi connectivity index (χ4v) is 1.47. The Hall–Kier alpha value is -1.01. The van der Waals surface area contributed by atoms with Crippen molar-refractivity contribution in [3.63, 3.8) is 0 Å². The Balaban J connectivity index is 2.88. The monoisotopic (exact) mass is 216 g/mol. The van der Waals surface area contributed by atoms with E-state index in [0.717, 1.165) is 4.52 Å². The molecule has 0 radical (unpaired) electrons. The number of fused-ring (bicyclic) bond motifs is 1. The maximum atomic E-state index is 11.3. The molecule has 0 aliphatic rings. The first kappa shape index (κ1) is 8.58. The van der Waals surface area contributed by atoms with Gasteiger partial charge in [-0.2, -0.15) is 9.61 Å². The lowest BCUT2D eigenvalue weighted by atomic mass is 10.7. The van der Waals surface area contributed by atoms with E-state index in [2.05, 4.69) is 15.1 Å². The van der Waals surface area contributed by atoms with Crippen molar-refractivity contribution in [2.75, 3.05) is 6.26 Å². The summed E-state index contributed by atoms with van der Waals surface area (Å²) in [5.41, 5.74) is 0.0519. The van der Waals surface area contributed by atoms with E-state index in [4.69, 9.17) is 11.6 Å². The number of hydrogen-bond acceptors (Lipinski definition) is 4. The summed E-state index contributed by atoms with van der Waals surface area (Å²) in [4.78, 5) is 17.9. The van der Waals surface area contributed by atoms with Gasteiger partial charge in [0.15, 0.2) is 10.8 Å². The van der Waals surface area contributed by atoms with E-state index in [1.165, 1.54) is 18.0 Å². The number of hydrogen-bond donors (Lipinski definition) is 1. The molecule has 0 aromatic carbocycles. The molecule has 0 aliphatic carbocycles. The standard InChI is InChI=1S/C6H5ClN4OS/c1-13-5-9-4-3(7)2-8-11(4)6(12)10-5/h2H,1H3,(H,9,10,12). The van der Waals surface area contributed by atoms with Crippen LogP contribution >= 0.6 is 23.4 Å². The van der Waals surface area contributed by atoms with Gasteiger partial charge in [-0.05, 0) is 6.26 Å². The molecule has 0 amide bonds. The molecule has 0 bridgehead atoms. The Morgan fingerprint density at radius 1 is 1.69 bits per heavy atom. The first-order valence-corrected chi connectivity index (χ1v) is 5.00. The number of halogens is 1. The van der Waals surface area contributed by atoms with Crippen molar-refractivity contribution in [3.8, 4) is 0 Å². The van der Waals surface area contributed by atoms with Gasteiger partial charge in [0.2, 0.25) is 0 Å². The van der Waals surface area contributed by atoms with Crippen LogP contribution in [0.4, 0.5) is 0 Å². The highest BCUT2D eigenvalue weighted by atomic mass is 35.5. The van der Waals surface area contributed by atoms with E-state index in [9.17, 15) is 4.79 Å². The molecule has 2 heterocycles. The largest absolute Gasteiger partial charge is 0.350 e. The average Bonchev–Trinajstić information content (AvgIpc) is 2.48. The summed E-state index contributed by atoms with van der Waals surface area (Å²) < 4.78 is 1.13. The lowest BCUT2D eigenvalue weighted by molar-refractivity contribution is 0.787. The third-order valence-electron chi connectivity index (χ3n) is 1.51. The number of nitrogens with zero attached hydrogens (tertiary/aromatic N) is 3. The van der Waals surface area contributed by atoms with Gasteiger partial charge in [0, 0.05) is 0 Å². The van der Waals surface area contributed by atoms with E-state index >= 15 is 0 Å². The minimum absolute atomic E-state index is 0.332. The number of rotatable bonds is 1. The van der Waals surface area contributed by atoms with Crippen molar-refractivity contribution < 1.29 is 0 Å². The van der Waals surface area contributed by atoms with Crippen LogP contribution in [0.2, 0.25) is 5.02 Å². The molecule has 0 saturated carbocycles. The Labute approximate surface area is 82.1 Å². The highest BCUT2D eigenvalue weighted by Crippen LogP contribution is 2.14. The van der Waals surface area contributed by atoms with E-state index in [-0.39, 0.29) is 5.69 Å². The normalized spacial score (nSPS) is 10.9. The molecule has 2 rings (SSSR count). The van der Waals surface area contributed by atoms with Crippen molar-refractivity contribution in [2.45, 2.75) is 5.16 Å². The summed E-state index contributed by atoms with van der Waals surface area (Å²) in [5, 5.41) is 4.67. The molecular formula is C6H5ClN4OS. The Morgan fingerprint density at radius 2 is 2.46 bits per heavy atom. The van der Waals surface area contributed by atoms with Crippen molar-refractivity contribution >= 4 is 29.0 Å². The second-order valence-electron chi connectivity index (χ2n) is 2.28. The quantitative estimate of drug-likeness (QED) is 0.716. The van der Waals surface area contributed by atoms with Crippen molar-refractivity contribution in [3.05, 3.63) is 21.7 Å². The molecule has 2 aromatic rings. The molecule has 68 valence electrons. The van der Waals surface area contributed by atoms with Crippen LogP contribution in [-0.2, 0) is 0 Å². The minimum Gasteiger partial charge on any atom is -0.285 e. The van der Waals surface area contributed by atoms with Gasteiger partial charge < -0.3 is 0 Å². The predicted octanol–water partition coefficient (Wildman–Crippen LogP) is 0.793. The summed E-state index contributed by atoms with van der Waals surface area (Å²) in [6, 6.07) is 0. The molecule has 2 aromatic heterocycles. The zero-order valence-electron chi connectivity index (χ0n) is 6.61. The molecule has 0 aliphatic heterocycles. The summed E-state index contributed by atoms with van der Waals surface area (Å²) >= 11 is 7.11. The van der Waals surface area contributed by atoms with Crippen LogP contribution in [0.15, 0.2) is 16.1 Å². The maximum Gasteiger partial charge on any atom is 0.350 e. The zero-order valence-corrected chi connectivity index (χ0v) is 8.19. The van der Waals surface area contributed by atoms with Gasteiger partial charge in [-0.3, -0.25) is 4.98 Å². The highest BCUT2D eigenvalue weighted by molar-refractivity contribution is 7.98. The fraction of sp³-hybridized carbons (Fsp3) is 0.167. The summed E-state index contributed by atoms with van der Waals surface area (Å²) in [6.45, 7) is 0. The van der Waals surface area contributed by atoms with E-state index < -0.39 is 0 Å². The Morgan fingerprint density at radius 3 is 3.15 bits per heavy atom. The third kappa shape index (κ3) is 1.31. The SMILES string of the molecule is CSc1nc2c(Cl)cnn2c(=O)[nH]1. The number of aromatic nitrogens is 4. The van der Waals surface area contributed by atoms with Crippen LogP contribution in [0.5, 0.6) is 0 Å². The van der Waals surface area contributed by atoms with E-state index in [0.29, 0.717) is 15.8 Å². The Kier molecular flexibility index (Phi) is 2.01. The second-order valence-corrected chi connectivity index (χ2v) is 3.48. The smallest absolute Gasteiger partial charge is 0.285 e. The first-order chi connectivity index (χ1) is 6.22. The number of H-pyrrole nitrogens is 1. The summed E-state index contributed by atoms with van der Waals surface area (Å²) in [5.74, 6) is 0. The molecule has 0 spiro atoms. The molecule has 13 heavy (non-hydrogen) atoms. The first-order valence-electron chi connectivity index (χ1n) is 3.40. The van der Waals surface area contributed by atoms with Gasteiger partial charge in [-0.15, -0.1) is 0 Å².